The van der Waals surface area contributed by atoms with Crippen molar-refractivity contribution in [3.8, 4) is 0 Å². The summed E-state index contributed by atoms with van der Waals surface area (Å²) in [4.78, 5) is 4.45. The van der Waals surface area contributed by atoms with Crippen molar-refractivity contribution in [1.29, 1.82) is 0 Å². The molecule has 0 aliphatic carbocycles. The van der Waals surface area contributed by atoms with Gasteiger partial charge in [0.05, 0.1) is 0 Å². The van der Waals surface area contributed by atoms with Crippen molar-refractivity contribution in [2.24, 2.45) is 0 Å². The van der Waals surface area contributed by atoms with E-state index in [1.54, 1.807) is 0 Å². The van der Waals surface area contributed by atoms with Gasteiger partial charge in [-0.2, -0.15) is 0 Å². The zero-order valence-electron chi connectivity index (χ0n) is 11.2. The summed E-state index contributed by atoms with van der Waals surface area (Å²) < 4.78 is 2.10. The Morgan fingerprint density at radius 2 is 2.17 bits per heavy atom. The Balaban J connectivity index is 2.17. The topological polar surface area (TPSA) is 55.1 Å². The second-order valence-electron chi connectivity index (χ2n) is 5.54. The molecule has 0 aromatic carbocycles. The number of aromatic nitrogens is 4. The largest absolute Gasteiger partial charge is 0.316 e. The van der Waals surface area contributed by atoms with Gasteiger partial charge in [-0.1, -0.05) is 6.92 Å². The van der Waals surface area contributed by atoms with Gasteiger partial charge in [-0.3, -0.25) is 4.40 Å². The first-order valence-corrected chi connectivity index (χ1v) is 6.51. The molecule has 3 rings (SSSR count). The molecule has 0 bridgehead atoms. The predicted octanol–water partition coefficient (Wildman–Crippen LogP) is 1.38. The highest BCUT2D eigenvalue weighted by atomic mass is 15.3. The van der Waals surface area contributed by atoms with Crippen LogP contribution in [0.25, 0.3) is 5.78 Å². The van der Waals surface area contributed by atoms with E-state index in [4.69, 9.17) is 0 Å². The number of nitrogens with zero attached hydrogens (tertiary/aromatic N) is 4. The van der Waals surface area contributed by atoms with E-state index >= 15 is 0 Å². The maximum atomic E-state index is 4.45. The number of nitrogens with one attached hydrogen (secondary N) is 1. The van der Waals surface area contributed by atoms with Gasteiger partial charge >= 0.3 is 0 Å². The van der Waals surface area contributed by atoms with Crippen LogP contribution in [0.5, 0.6) is 0 Å². The Bertz CT molecular complexity index is 580. The summed E-state index contributed by atoms with van der Waals surface area (Å²) in [5.41, 5.74) is 2.20. The minimum atomic E-state index is 0.0549. The monoisotopic (exact) mass is 245 g/mol. The molecule has 0 saturated carbocycles. The van der Waals surface area contributed by atoms with E-state index in [0.29, 0.717) is 5.78 Å². The fourth-order valence-electron chi connectivity index (χ4n) is 2.87. The predicted molar refractivity (Wildman–Crippen MR) is 69.7 cm³/mol. The van der Waals surface area contributed by atoms with Gasteiger partial charge in [0.2, 0.25) is 0 Å². The molecule has 1 saturated heterocycles. The highest BCUT2D eigenvalue weighted by Crippen LogP contribution is 2.29. The van der Waals surface area contributed by atoms with Gasteiger partial charge in [-0.25, -0.2) is 4.98 Å². The van der Waals surface area contributed by atoms with Crippen LogP contribution < -0.4 is 5.32 Å². The first-order chi connectivity index (χ1) is 8.60. The van der Waals surface area contributed by atoms with E-state index in [9.17, 15) is 0 Å². The van der Waals surface area contributed by atoms with Crippen LogP contribution >= 0.6 is 0 Å². The third-order valence-corrected chi connectivity index (χ3v) is 3.83. The van der Waals surface area contributed by atoms with Gasteiger partial charge in [-0.05, 0) is 39.3 Å². The van der Waals surface area contributed by atoms with E-state index in [1.807, 2.05) is 6.92 Å². The maximum Gasteiger partial charge on any atom is 0.255 e. The lowest BCUT2D eigenvalue weighted by Crippen LogP contribution is -2.42. The summed E-state index contributed by atoms with van der Waals surface area (Å²) in [6.07, 6.45) is 2.33. The molecule has 18 heavy (non-hydrogen) atoms. The molecule has 1 aliphatic rings. The van der Waals surface area contributed by atoms with Crippen LogP contribution in [0, 0.1) is 13.8 Å². The average Bonchev–Trinajstić information content (AvgIpc) is 2.74. The molecule has 1 atom stereocenters. The second kappa shape index (κ2) is 4.02. The summed E-state index contributed by atoms with van der Waals surface area (Å²) in [6.45, 7) is 8.40. The summed E-state index contributed by atoms with van der Waals surface area (Å²) in [7, 11) is 0. The summed E-state index contributed by atoms with van der Waals surface area (Å²) in [5, 5.41) is 12.1. The quantitative estimate of drug-likeness (QED) is 0.824. The van der Waals surface area contributed by atoms with Crippen molar-refractivity contribution in [3.63, 3.8) is 0 Å². The zero-order chi connectivity index (χ0) is 12.8. The van der Waals surface area contributed by atoms with Crippen LogP contribution in [0.3, 0.4) is 0 Å². The number of rotatable bonds is 1. The molecule has 0 amide bonds. The van der Waals surface area contributed by atoms with E-state index in [0.717, 1.165) is 36.7 Å². The molecule has 1 aliphatic heterocycles. The number of fused-ring (bicyclic) bond motifs is 1. The highest BCUT2D eigenvalue weighted by Gasteiger charge is 2.34. The van der Waals surface area contributed by atoms with E-state index < -0.39 is 0 Å². The van der Waals surface area contributed by atoms with Gasteiger partial charge in [0, 0.05) is 23.3 Å². The molecule has 1 N–H and O–H groups in total. The molecule has 0 spiro atoms. The fourth-order valence-corrected chi connectivity index (χ4v) is 2.87. The highest BCUT2D eigenvalue weighted by molar-refractivity contribution is 5.34. The van der Waals surface area contributed by atoms with Gasteiger partial charge in [0.1, 0.15) is 5.82 Å². The van der Waals surface area contributed by atoms with Gasteiger partial charge in [-0.15, -0.1) is 10.2 Å². The second-order valence-corrected chi connectivity index (χ2v) is 5.54. The normalized spacial score (nSPS) is 24.6. The minimum absolute atomic E-state index is 0.0549. The minimum Gasteiger partial charge on any atom is -0.316 e. The van der Waals surface area contributed by atoms with Crippen LogP contribution in [-0.4, -0.2) is 32.7 Å². The molecule has 5 nitrogen and oxygen atoms in total. The van der Waals surface area contributed by atoms with Crippen molar-refractivity contribution >= 4 is 5.78 Å². The molecule has 1 unspecified atom stereocenters. The Morgan fingerprint density at radius 3 is 2.89 bits per heavy atom. The third-order valence-electron chi connectivity index (χ3n) is 3.83. The Morgan fingerprint density at radius 1 is 1.33 bits per heavy atom. The molecular weight excluding hydrogens is 226 g/mol. The van der Waals surface area contributed by atoms with Gasteiger partial charge in [0.15, 0.2) is 0 Å². The first-order valence-electron chi connectivity index (χ1n) is 6.51. The SMILES string of the molecule is Cc1cc(C)n2c(C3(C)CCCNC3)nnc2n1. The lowest BCUT2D eigenvalue weighted by atomic mass is 9.82. The standard InChI is InChI=1S/C13H19N5/c1-9-7-10(2)18-11(16-17-12(18)15-9)13(3)5-4-6-14-8-13/h7,14H,4-6,8H2,1-3H3. The molecule has 1 fully saturated rings. The zero-order valence-corrected chi connectivity index (χ0v) is 11.2. The molecule has 5 heteroatoms. The van der Waals surface area contributed by atoms with Gasteiger partial charge in [0.25, 0.3) is 5.78 Å². The van der Waals surface area contributed by atoms with Crippen LogP contribution in [0.2, 0.25) is 0 Å². The van der Waals surface area contributed by atoms with Crippen molar-refractivity contribution < 1.29 is 0 Å². The summed E-state index contributed by atoms with van der Waals surface area (Å²) in [5.74, 6) is 1.75. The van der Waals surface area contributed by atoms with Crippen molar-refractivity contribution in [2.45, 2.75) is 39.0 Å². The third kappa shape index (κ3) is 1.70. The Kier molecular flexibility index (Phi) is 2.59. The van der Waals surface area contributed by atoms with E-state index in [1.165, 1.54) is 6.42 Å². The number of aryl methyl sites for hydroxylation is 2. The summed E-state index contributed by atoms with van der Waals surface area (Å²) in [6, 6.07) is 2.08. The maximum absolute atomic E-state index is 4.45. The van der Waals surface area contributed by atoms with Crippen LogP contribution in [0.15, 0.2) is 6.07 Å². The molecular formula is C13H19N5. The first kappa shape index (κ1) is 11.6. The molecule has 2 aromatic rings. The van der Waals surface area contributed by atoms with Crippen LogP contribution in [0.1, 0.15) is 37.0 Å². The van der Waals surface area contributed by atoms with Gasteiger partial charge < -0.3 is 5.32 Å². The van der Waals surface area contributed by atoms with Crippen molar-refractivity contribution in [3.05, 3.63) is 23.3 Å². The Labute approximate surface area is 107 Å². The molecule has 2 aromatic heterocycles. The van der Waals surface area contributed by atoms with Crippen LogP contribution in [0.4, 0.5) is 0 Å². The van der Waals surface area contributed by atoms with Crippen molar-refractivity contribution in [2.75, 3.05) is 13.1 Å². The smallest absolute Gasteiger partial charge is 0.255 e. The lowest BCUT2D eigenvalue weighted by molar-refractivity contribution is 0.321. The lowest BCUT2D eigenvalue weighted by Gasteiger charge is -2.32. The number of piperidine rings is 1. The molecule has 96 valence electrons. The van der Waals surface area contributed by atoms with E-state index in [-0.39, 0.29) is 5.41 Å². The van der Waals surface area contributed by atoms with Crippen molar-refractivity contribution in [1.82, 2.24) is 24.9 Å². The van der Waals surface area contributed by atoms with Crippen LogP contribution in [-0.2, 0) is 5.41 Å². The molecule has 0 radical (unpaired) electrons. The fraction of sp³-hybridized carbons (Fsp3) is 0.615. The molecule has 3 heterocycles. The van der Waals surface area contributed by atoms with E-state index in [2.05, 4.69) is 44.8 Å². The summed E-state index contributed by atoms with van der Waals surface area (Å²) >= 11 is 0. The number of hydrogen-bond donors (Lipinski definition) is 1. The average molecular weight is 245 g/mol. The number of hydrogen-bond acceptors (Lipinski definition) is 4. The Hall–Kier alpha value is -1.49.